The Balaban J connectivity index is 1.37. The van der Waals surface area contributed by atoms with Crippen LogP contribution in [0.2, 0.25) is 18.6 Å². The topological polar surface area (TPSA) is 134 Å². The van der Waals surface area contributed by atoms with E-state index in [9.17, 15) is 19.5 Å². The van der Waals surface area contributed by atoms with Crippen LogP contribution in [0.15, 0.2) is 66.7 Å². The molecule has 2 aliphatic rings. The van der Waals surface area contributed by atoms with Gasteiger partial charge in [-0.3, -0.25) is 9.59 Å². The Morgan fingerprint density at radius 2 is 1.81 bits per heavy atom. The monoisotopic (exact) mass is 603 g/mol. The zero-order valence-corrected chi connectivity index (χ0v) is 26.1. The van der Waals surface area contributed by atoms with Crippen molar-refractivity contribution >= 4 is 31.5 Å². The van der Waals surface area contributed by atoms with Crippen LogP contribution in [-0.4, -0.2) is 60.8 Å². The Morgan fingerprint density at radius 1 is 1.12 bits per heavy atom. The number of hydrogen-bond acceptors (Lipinski definition) is 7. The van der Waals surface area contributed by atoms with Crippen molar-refractivity contribution in [3.8, 4) is 5.75 Å². The van der Waals surface area contributed by atoms with Gasteiger partial charge in [0.1, 0.15) is 11.9 Å². The zero-order chi connectivity index (χ0) is 30.9. The molecule has 5 rings (SSSR count). The van der Waals surface area contributed by atoms with E-state index in [1.807, 2.05) is 50.3 Å². The highest BCUT2D eigenvalue weighted by Crippen LogP contribution is 2.47. The number of carbonyl (C=O) groups excluding carboxylic acids is 2. The minimum atomic E-state index is -2.94. The van der Waals surface area contributed by atoms with Gasteiger partial charge in [0.2, 0.25) is 5.91 Å². The van der Waals surface area contributed by atoms with Gasteiger partial charge in [0.25, 0.3) is 5.91 Å². The molecular formula is C33H41N3O6Si. The molecule has 1 unspecified atom stereocenters. The van der Waals surface area contributed by atoms with Crippen molar-refractivity contribution in [3.05, 3.63) is 89.0 Å². The molecule has 0 saturated carbocycles. The molecule has 10 heteroatoms. The number of nitrogens with two attached hydrogens (primary N) is 1. The van der Waals surface area contributed by atoms with E-state index in [-0.39, 0.29) is 42.9 Å². The van der Waals surface area contributed by atoms with Gasteiger partial charge in [0.15, 0.2) is 8.32 Å². The fraction of sp³-hybridized carbons (Fsp3) is 0.394. The molecule has 0 radical (unpaired) electrons. The fourth-order valence-corrected chi connectivity index (χ4v) is 8.26. The third-order valence-electron chi connectivity index (χ3n) is 8.84. The van der Waals surface area contributed by atoms with E-state index < -0.39 is 20.0 Å². The second-order valence-electron chi connectivity index (χ2n) is 12.2. The number of rotatable bonds is 8. The lowest BCUT2D eigenvalue weighted by atomic mass is 9.86. The second-order valence-corrected chi connectivity index (χ2v) is 16.3. The summed E-state index contributed by atoms with van der Waals surface area (Å²) in [6.45, 7) is 5.98. The molecule has 43 heavy (non-hydrogen) atoms. The predicted molar refractivity (Wildman–Crippen MR) is 168 cm³/mol. The number of carbonyl (C=O) groups is 2. The number of nitrogens with one attached hydrogen (secondary N) is 1. The van der Waals surface area contributed by atoms with Crippen molar-refractivity contribution in [1.29, 1.82) is 0 Å². The van der Waals surface area contributed by atoms with E-state index in [0.717, 1.165) is 16.7 Å². The summed E-state index contributed by atoms with van der Waals surface area (Å²) in [5.41, 5.74) is 10.00. The Labute approximate surface area is 253 Å². The number of methoxy groups -OCH3 is 1. The number of fused-ring (bicyclic) bond motifs is 2. The molecule has 0 aromatic heterocycles. The first-order valence-corrected chi connectivity index (χ1v) is 17.7. The van der Waals surface area contributed by atoms with Crippen LogP contribution in [0.25, 0.3) is 0 Å². The number of anilines is 2. The molecule has 5 atom stereocenters. The molecule has 2 aliphatic heterocycles. The van der Waals surface area contributed by atoms with Crippen LogP contribution in [0.4, 0.5) is 11.4 Å². The van der Waals surface area contributed by atoms with Gasteiger partial charge in [-0.15, -0.1) is 0 Å². The van der Waals surface area contributed by atoms with E-state index in [0.29, 0.717) is 35.7 Å². The molecule has 5 N–H and O–H groups in total. The first kappa shape index (κ1) is 30.7. The van der Waals surface area contributed by atoms with Crippen LogP contribution in [0, 0.1) is 5.92 Å². The van der Waals surface area contributed by atoms with Crippen molar-refractivity contribution in [3.63, 3.8) is 0 Å². The van der Waals surface area contributed by atoms with Gasteiger partial charge < -0.3 is 35.3 Å². The van der Waals surface area contributed by atoms with Gasteiger partial charge in [-0.1, -0.05) is 31.2 Å². The second kappa shape index (κ2) is 12.5. The Kier molecular flexibility index (Phi) is 8.93. The van der Waals surface area contributed by atoms with E-state index >= 15 is 0 Å². The van der Waals surface area contributed by atoms with E-state index in [2.05, 4.69) is 5.32 Å². The first-order valence-electron chi connectivity index (χ1n) is 14.7. The lowest BCUT2D eigenvalue weighted by molar-refractivity contribution is -0.136. The third kappa shape index (κ3) is 6.47. The zero-order valence-electron chi connectivity index (χ0n) is 25.1. The van der Waals surface area contributed by atoms with Crippen molar-refractivity contribution in [2.24, 2.45) is 5.92 Å². The van der Waals surface area contributed by atoms with Crippen LogP contribution >= 0.6 is 0 Å². The molecule has 0 fully saturated rings. The van der Waals surface area contributed by atoms with Crippen LogP contribution in [0.1, 0.15) is 46.5 Å². The molecule has 0 saturated heterocycles. The average Bonchev–Trinajstić information content (AvgIpc) is 2.98. The number of ether oxygens (including phenoxy) is 2. The molecule has 3 aromatic rings. The minimum absolute atomic E-state index is 0.102. The van der Waals surface area contributed by atoms with Crippen LogP contribution in [-0.2, 0) is 22.5 Å². The lowest BCUT2D eigenvalue weighted by Gasteiger charge is -2.44. The number of benzene rings is 3. The number of amides is 2. The Morgan fingerprint density at radius 3 is 2.47 bits per heavy atom. The molecule has 2 heterocycles. The van der Waals surface area contributed by atoms with Gasteiger partial charge in [-0.25, -0.2) is 0 Å². The number of nitrogen functional groups attached to an aromatic ring is 1. The molecule has 3 aromatic carbocycles. The smallest absolute Gasteiger partial charge is 0.255 e. The SMILES string of the molecule is CO[C@@H]1c2cc(NC(=O)c3ccc(N)cc3)ccc2O[C@H](C(CC(=O)N2Cc3ccccc3C[C@H]2CO)[Si](C)(C)O)[C@H]1C. The molecule has 0 spiro atoms. The summed E-state index contributed by atoms with van der Waals surface area (Å²) < 4.78 is 12.5. The predicted octanol–water partition coefficient (Wildman–Crippen LogP) is 4.51. The summed E-state index contributed by atoms with van der Waals surface area (Å²) in [6.07, 6.45) is -0.170. The van der Waals surface area contributed by atoms with Crippen molar-refractivity contribution < 1.29 is 29.0 Å². The Bertz CT molecular complexity index is 1470. The van der Waals surface area contributed by atoms with E-state index in [4.69, 9.17) is 15.2 Å². The molecule has 9 nitrogen and oxygen atoms in total. The fourth-order valence-electron chi connectivity index (χ4n) is 6.41. The summed E-state index contributed by atoms with van der Waals surface area (Å²) in [7, 11) is -1.31. The molecule has 0 aliphatic carbocycles. The van der Waals surface area contributed by atoms with Gasteiger partial charge in [-0.2, -0.15) is 0 Å². The highest BCUT2D eigenvalue weighted by atomic mass is 28.4. The normalized spacial score (nSPS) is 22.1. The minimum Gasteiger partial charge on any atom is -0.490 e. The molecular weight excluding hydrogens is 562 g/mol. The number of aliphatic hydroxyl groups is 1. The van der Waals surface area contributed by atoms with Gasteiger partial charge in [-0.05, 0) is 73.1 Å². The first-order chi connectivity index (χ1) is 20.5. The number of aliphatic hydroxyl groups excluding tert-OH is 1. The molecule has 228 valence electrons. The highest BCUT2D eigenvalue weighted by Gasteiger charge is 2.48. The maximum atomic E-state index is 13.9. The largest absolute Gasteiger partial charge is 0.490 e. The Hall–Kier alpha value is -3.70. The van der Waals surface area contributed by atoms with Crippen molar-refractivity contribution in [2.45, 2.75) is 63.2 Å². The van der Waals surface area contributed by atoms with Crippen LogP contribution in [0.3, 0.4) is 0 Å². The highest BCUT2D eigenvalue weighted by molar-refractivity contribution is 6.71. The van der Waals surface area contributed by atoms with Crippen LogP contribution < -0.4 is 15.8 Å². The average molecular weight is 604 g/mol. The van der Waals surface area contributed by atoms with Crippen molar-refractivity contribution in [1.82, 2.24) is 4.90 Å². The third-order valence-corrected chi connectivity index (χ3v) is 11.2. The van der Waals surface area contributed by atoms with Gasteiger partial charge in [0.05, 0.1) is 18.8 Å². The summed E-state index contributed by atoms with van der Waals surface area (Å²) in [6, 6.07) is 19.8. The van der Waals surface area contributed by atoms with Gasteiger partial charge in [0, 0.05) is 54.0 Å². The van der Waals surface area contributed by atoms with Crippen molar-refractivity contribution in [2.75, 3.05) is 24.8 Å². The lowest BCUT2D eigenvalue weighted by Crippen LogP contribution is -2.52. The quantitative estimate of drug-likeness (QED) is 0.220. The summed E-state index contributed by atoms with van der Waals surface area (Å²) in [5, 5.41) is 13.1. The number of nitrogens with zero attached hydrogens (tertiary/aromatic N) is 1. The number of hydrogen-bond donors (Lipinski definition) is 4. The van der Waals surface area contributed by atoms with Gasteiger partial charge >= 0.3 is 0 Å². The maximum absolute atomic E-state index is 13.9. The standard InChI is InChI=1S/C33H41N3O6Si/c1-20-31(41-2)27-16-25(35-33(39)21-9-11-24(34)12-10-21)13-14-28(27)42-32(20)29(43(3,4)40)17-30(38)36-18-23-8-6-5-7-22(23)15-26(36)19-37/h5-14,16,20,26,29,31-32,37,40H,15,17-19,34H2,1-4H3,(H,35,39)/t20-,26-,29?,31-,32-/m0/s1. The summed E-state index contributed by atoms with van der Waals surface area (Å²) in [5.74, 6) is 0.0263. The summed E-state index contributed by atoms with van der Waals surface area (Å²) >= 11 is 0. The molecule has 2 amide bonds. The maximum Gasteiger partial charge on any atom is 0.255 e. The summed E-state index contributed by atoms with van der Waals surface area (Å²) in [4.78, 5) is 39.9. The van der Waals surface area contributed by atoms with Crippen LogP contribution in [0.5, 0.6) is 5.75 Å². The molecule has 0 bridgehead atoms. The van der Waals surface area contributed by atoms with E-state index in [1.165, 1.54) is 0 Å². The van der Waals surface area contributed by atoms with E-state index in [1.54, 1.807) is 48.4 Å².